The Labute approximate surface area is 136 Å². The Bertz CT molecular complexity index is 733. The van der Waals surface area contributed by atoms with Crippen LogP contribution in [-0.4, -0.2) is 37.9 Å². The van der Waals surface area contributed by atoms with Gasteiger partial charge in [0.15, 0.2) is 0 Å². The van der Waals surface area contributed by atoms with Gasteiger partial charge >= 0.3 is 0 Å². The van der Waals surface area contributed by atoms with Gasteiger partial charge in [-0.3, -0.25) is 4.79 Å². The molecule has 0 aliphatic carbocycles. The first-order chi connectivity index (χ1) is 11.2. The van der Waals surface area contributed by atoms with Crippen molar-refractivity contribution in [2.75, 3.05) is 0 Å². The molecule has 0 N–H and O–H groups in total. The van der Waals surface area contributed by atoms with Crippen LogP contribution in [0.5, 0.6) is 0 Å². The Hall–Kier alpha value is -2.43. The molecule has 0 saturated heterocycles. The van der Waals surface area contributed by atoms with Crippen molar-refractivity contribution in [3.63, 3.8) is 0 Å². The third kappa shape index (κ3) is 3.18. The molecule has 5 heteroatoms. The summed E-state index contributed by atoms with van der Waals surface area (Å²) < 4.78 is 1.81. The number of hydrogen-bond acceptors (Lipinski definition) is 3. The normalized spacial score (nSPS) is 20.8. The van der Waals surface area contributed by atoms with Gasteiger partial charge in [0, 0.05) is 18.5 Å². The van der Waals surface area contributed by atoms with Crippen LogP contribution in [0.25, 0.3) is 11.0 Å². The molecular weight excluding hydrogens is 288 g/mol. The number of aryl methyl sites for hydroxylation is 1. The maximum Gasteiger partial charge on any atom is 0.225 e. The first kappa shape index (κ1) is 15.5. The van der Waals surface area contributed by atoms with Gasteiger partial charge in [0.2, 0.25) is 5.91 Å². The van der Waals surface area contributed by atoms with Crippen molar-refractivity contribution in [3.8, 4) is 0 Å². The van der Waals surface area contributed by atoms with Gasteiger partial charge in [-0.15, -0.1) is 11.7 Å². The van der Waals surface area contributed by atoms with Crippen LogP contribution < -0.4 is 0 Å². The van der Waals surface area contributed by atoms with E-state index in [-0.39, 0.29) is 18.0 Å². The molecule has 2 aromatic rings. The third-order valence-electron chi connectivity index (χ3n) is 4.34. The van der Waals surface area contributed by atoms with Crippen LogP contribution in [0.2, 0.25) is 0 Å². The molecule has 120 valence electrons. The highest BCUT2D eigenvalue weighted by Gasteiger charge is 2.28. The lowest BCUT2D eigenvalue weighted by Gasteiger charge is -2.37. The zero-order valence-corrected chi connectivity index (χ0v) is 13.4. The molecule has 0 spiro atoms. The van der Waals surface area contributed by atoms with Gasteiger partial charge in [0.05, 0.1) is 12.1 Å². The Kier molecular flexibility index (Phi) is 4.55. The van der Waals surface area contributed by atoms with E-state index < -0.39 is 0 Å². The summed E-state index contributed by atoms with van der Waals surface area (Å²) in [7, 11) is 0. The Balaban J connectivity index is 1.70. The molecule has 2 heterocycles. The van der Waals surface area contributed by atoms with E-state index in [0.29, 0.717) is 13.0 Å². The molecular formula is C18H22N4O. The number of benzene rings is 1. The highest BCUT2D eigenvalue weighted by atomic mass is 16.2. The zero-order valence-electron chi connectivity index (χ0n) is 13.4. The van der Waals surface area contributed by atoms with Crippen LogP contribution in [0.3, 0.4) is 0 Å². The molecule has 3 rings (SSSR count). The van der Waals surface area contributed by atoms with Gasteiger partial charge in [-0.05, 0) is 31.9 Å². The topological polar surface area (TPSA) is 51.0 Å². The fourth-order valence-electron chi connectivity index (χ4n) is 3.22. The van der Waals surface area contributed by atoms with Gasteiger partial charge in [-0.2, -0.15) is 0 Å². The summed E-state index contributed by atoms with van der Waals surface area (Å²) in [5.74, 6) is 0.160. The number of fused-ring (bicyclic) bond motifs is 1. The predicted octanol–water partition coefficient (Wildman–Crippen LogP) is 2.94. The van der Waals surface area contributed by atoms with Gasteiger partial charge in [-0.25, -0.2) is 4.68 Å². The fourth-order valence-corrected chi connectivity index (χ4v) is 3.22. The van der Waals surface area contributed by atoms with E-state index in [2.05, 4.69) is 36.0 Å². The van der Waals surface area contributed by atoms with Crippen molar-refractivity contribution in [3.05, 3.63) is 49.1 Å². The van der Waals surface area contributed by atoms with E-state index in [9.17, 15) is 4.79 Å². The minimum absolute atomic E-state index is 0.133. The van der Waals surface area contributed by atoms with Gasteiger partial charge in [0.1, 0.15) is 5.52 Å². The van der Waals surface area contributed by atoms with Crippen molar-refractivity contribution >= 4 is 16.9 Å². The first-order valence-electron chi connectivity index (χ1n) is 8.07. The molecule has 2 atom stereocenters. The Morgan fingerprint density at radius 1 is 1.43 bits per heavy atom. The summed E-state index contributed by atoms with van der Waals surface area (Å²) in [5.41, 5.74) is 1.83. The Morgan fingerprint density at radius 2 is 2.26 bits per heavy atom. The van der Waals surface area contributed by atoms with E-state index in [1.54, 1.807) is 4.68 Å². The van der Waals surface area contributed by atoms with Crippen LogP contribution >= 0.6 is 0 Å². The van der Waals surface area contributed by atoms with E-state index in [0.717, 1.165) is 23.9 Å². The number of carbonyl (C=O) groups excluding carboxylic acids is 1. The second kappa shape index (κ2) is 6.77. The van der Waals surface area contributed by atoms with Crippen LogP contribution in [0, 0.1) is 0 Å². The average molecular weight is 310 g/mol. The van der Waals surface area contributed by atoms with E-state index in [4.69, 9.17) is 0 Å². The lowest BCUT2D eigenvalue weighted by molar-refractivity contribution is -0.135. The third-order valence-corrected chi connectivity index (χ3v) is 4.34. The lowest BCUT2D eigenvalue weighted by Crippen LogP contribution is -2.47. The number of carbonyl (C=O) groups is 1. The van der Waals surface area contributed by atoms with Crippen LogP contribution in [-0.2, 0) is 11.3 Å². The maximum atomic E-state index is 12.7. The molecule has 0 radical (unpaired) electrons. The number of nitrogens with zero attached hydrogens (tertiary/aromatic N) is 4. The fraction of sp³-hybridized carbons (Fsp3) is 0.389. The monoisotopic (exact) mass is 310 g/mol. The van der Waals surface area contributed by atoms with Crippen molar-refractivity contribution in [1.29, 1.82) is 0 Å². The summed E-state index contributed by atoms with van der Waals surface area (Å²) in [5, 5.41) is 8.28. The predicted molar refractivity (Wildman–Crippen MR) is 90.8 cm³/mol. The summed E-state index contributed by atoms with van der Waals surface area (Å²) in [6.45, 7) is 6.42. The highest BCUT2D eigenvalue weighted by Crippen LogP contribution is 2.21. The molecule has 1 aliphatic rings. The largest absolute Gasteiger partial charge is 0.333 e. The minimum atomic E-state index is 0.133. The van der Waals surface area contributed by atoms with E-state index in [1.807, 2.05) is 35.2 Å². The first-order valence-corrected chi connectivity index (χ1v) is 8.07. The van der Waals surface area contributed by atoms with Crippen LogP contribution in [0.15, 0.2) is 49.1 Å². The zero-order chi connectivity index (χ0) is 16.2. The van der Waals surface area contributed by atoms with Gasteiger partial charge < -0.3 is 4.90 Å². The number of aromatic nitrogens is 3. The summed E-state index contributed by atoms with van der Waals surface area (Å²) in [4.78, 5) is 14.7. The smallest absolute Gasteiger partial charge is 0.225 e. The minimum Gasteiger partial charge on any atom is -0.333 e. The second-order valence-electron chi connectivity index (χ2n) is 5.93. The molecule has 0 saturated carbocycles. The summed E-state index contributed by atoms with van der Waals surface area (Å²) in [6, 6.07) is 8.15. The average Bonchev–Trinajstić information content (AvgIpc) is 2.96. The molecule has 0 bridgehead atoms. The van der Waals surface area contributed by atoms with Crippen molar-refractivity contribution in [1.82, 2.24) is 19.9 Å². The van der Waals surface area contributed by atoms with E-state index >= 15 is 0 Å². The second-order valence-corrected chi connectivity index (χ2v) is 5.93. The van der Waals surface area contributed by atoms with E-state index in [1.165, 1.54) is 0 Å². The van der Waals surface area contributed by atoms with Crippen molar-refractivity contribution in [2.24, 2.45) is 0 Å². The van der Waals surface area contributed by atoms with Gasteiger partial charge in [0.25, 0.3) is 0 Å². The molecule has 23 heavy (non-hydrogen) atoms. The number of hydrogen-bond donors (Lipinski definition) is 0. The standard InChI is InChI=1S/C18H22N4O/c1-3-7-15-9-6-8-14(2)22(15)18(23)12-13-21-17-11-5-4-10-16(17)19-20-21/h3-6,8,10-11,14-15H,1,7,9,12-13H2,2H3/t14-,15-/m1/s1. The molecule has 1 aliphatic heterocycles. The summed E-state index contributed by atoms with van der Waals surface area (Å²) >= 11 is 0. The SMILES string of the molecule is C=CC[C@@H]1CC=C[C@@H](C)N1C(=O)CCn1nnc2ccccc21. The molecule has 0 fully saturated rings. The van der Waals surface area contributed by atoms with Crippen LogP contribution in [0.1, 0.15) is 26.2 Å². The molecule has 1 aromatic carbocycles. The lowest BCUT2D eigenvalue weighted by atomic mass is 10.00. The highest BCUT2D eigenvalue weighted by molar-refractivity contribution is 5.78. The number of amides is 1. The quantitative estimate of drug-likeness (QED) is 0.798. The molecule has 5 nitrogen and oxygen atoms in total. The number of rotatable bonds is 5. The maximum absolute atomic E-state index is 12.7. The molecule has 0 unspecified atom stereocenters. The summed E-state index contributed by atoms with van der Waals surface area (Å²) in [6.07, 6.45) is 8.30. The van der Waals surface area contributed by atoms with Crippen LogP contribution in [0.4, 0.5) is 0 Å². The molecule has 1 amide bonds. The van der Waals surface area contributed by atoms with Crippen molar-refractivity contribution in [2.45, 2.75) is 44.8 Å². The Morgan fingerprint density at radius 3 is 3.09 bits per heavy atom. The van der Waals surface area contributed by atoms with Gasteiger partial charge in [-0.1, -0.05) is 35.6 Å². The molecule has 1 aromatic heterocycles. The number of para-hydroxylation sites is 1. The van der Waals surface area contributed by atoms with Crippen molar-refractivity contribution < 1.29 is 4.79 Å².